The highest BCUT2D eigenvalue weighted by Crippen LogP contribution is 2.25. The van der Waals surface area contributed by atoms with Crippen molar-refractivity contribution in [2.24, 2.45) is 0 Å². The second-order valence-electron chi connectivity index (χ2n) is 4.20. The molecule has 0 saturated carbocycles. The molecule has 1 unspecified atom stereocenters. The van der Waals surface area contributed by atoms with Crippen molar-refractivity contribution in [1.82, 2.24) is 20.6 Å². The van der Waals surface area contributed by atoms with Crippen LogP contribution in [0, 0.1) is 0 Å². The molecule has 2 aromatic rings. The first-order chi connectivity index (χ1) is 9.24. The van der Waals surface area contributed by atoms with Gasteiger partial charge in [0.15, 0.2) is 5.82 Å². The first-order valence-electron chi connectivity index (χ1n) is 6.13. The average Bonchev–Trinajstić information content (AvgIpc) is 2.98. The summed E-state index contributed by atoms with van der Waals surface area (Å²) in [4.78, 5) is 11.5. The van der Waals surface area contributed by atoms with Crippen molar-refractivity contribution >= 4 is 5.97 Å². The van der Waals surface area contributed by atoms with Crippen molar-refractivity contribution in [2.75, 3.05) is 7.11 Å². The molecule has 0 radical (unpaired) electrons. The van der Waals surface area contributed by atoms with Crippen LogP contribution < -0.4 is 0 Å². The van der Waals surface area contributed by atoms with Crippen molar-refractivity contribution in [3.05, 3.63) is 41.2 Å². The Morgan fingerprint density at radius 1 is 1.37 bits per heavy atom. The second kappa shape index (κ2) is 6.08. The molecule has 0 aliphatic carbocycles. The monoisotopic (exact) mass is 260 g/mol. The number of aromatic amines is 1. The van der Waals surface area contributed by atoms with E-state index in [4.69, 9.17) is 4.74 Å². The van der Waals surface area contributed by atoms with Crippen LogP contribution in [-0.2, 0) is 16.0 Å². The van der Waals surface area contributed by atoms with Crippen molar-refractivity contribution in [2.45, 2.75) is 25.7 Å². The molecule has 1 aromatic carbocycles. The van der Waals surface area contributed by atoms with E-state index in [0.717, 1.165) is 12.0 Å². The van der Waals surface area contributed by atoms with E-state index in [1.807, 2.05) is 24.3 Å². The summed E-state index contributed by atoms with van der Waals surface area (Å²) in [5.74, 6) is -0.0406. The number of hydrogen-bond acceptors (Lipinski definition) is 5. The Hall–Kier alpha value is -2.24. The van der Waals surface area contributed by atoms with E-state index in [0.29, 0.717) is 5.82 Å². The summed E-state index contributed by atoms with van der Waals surface area (Å²) < 4.78 is 4.72. The molecule has 0 spiro atoms. The van der Waals surface area contributed by atoms with Crippen LogP contribution >= 0.6 is 0 Å². The van der Waals surface area contributed by atoms with E-state index in [1.54, 1.807) is 0 Å². The summed E-state index contributed by atoms with van der Waals surface area (Å²) in [5, 5.41) is 13.9. The Balaban J connectivity index is 2.28. The maximum Gasteiger partial charge on any atom is 0.306 e. The van der Waals surface area contributed by atoms with Crippen LogP contribution in [0.2, 0.25) is 0 Å². The Labute approximate surface area is 111 Å². The van der Waals surface area contributed by atoms with Gasteiger partial charge in [-0.05, 0) is 17.5 Å². The van der Waals surface area contributed by atoms with E-state index >= 15 is 0 Å². The molecular weight excluding hydrogens is 244 g/mol. The highest BCUT2D eigenvalue weighted by molar-refractivity contribution is 5.71. The van der Waals surface area contributed by atoms with Gasteiger partial charge in [0.25, 0.3) is 0 Å². The van der Waals surface area contributed by atoms with Crippen molar-refractivity contribution < 1.29 is 9.53 Å². The Morgan fingerprint density at radius 2 is 2.11 bits per heavy atom. The number of carbonyl (C=O) groups excluding carboxylic acids is 1. The number of nitrogens with zero attached hydrogens (tertiary/aromatic N) is 3. The van der Waals surface area contributed by atoms with Crippen molar-refractivity contribution in [1.29, 1.82) is 0 Å². The summed E-state index contributed by atoms with van der Waals surface area (Å²) >= 11 is 0. The number of tetrazole rings is 1. The molecule has 6 heteroatoms. The van der Waals surface area contributed by atoms with Gasteiger partial charge in [0.1, 0.15) is 0 Å². The fourth-order valence-corrected chi connectivity index (χ4v) is 1.91. The fourth-order valence-electron chi connectivity index (χ4n) is 1.91. The van der Waals surface area contributed by atoms with Gasteiger partial charge in [-0.15, -0.1) is 10.2 Å². The number of aromatic nitrogens is 4. The van der Waals surface area contributed by atoms with Gasteiger partial charge >= 0.3 is 5.97 Å². The minimum atomic E-state index is -0.297. The molecule has 6 nitrogen and oxygen atoms in total. The van der Waals surface area contributed by atoms with Gasteiger partial charge in [-0.2, -0.15) is 5.21 Å². The lowest BCUT2D eigenvalue weighted by Gasteiger charge is -2.12. The SMILES string of the molecule is CCc1ccc(C(CC(=O)OC)c2nn[nH]n2)cc1. The van der Waals surface area contributed by atoms with E-state index in [9.17, 15) is 4.79 Å². The lowest BCUT2D eigenvalue weighted by atomic mass is 9.94. The van der Waals surface area contributed by atoms with Crippen LogP contribution in [0.1, 0.15) is 36.2 Å². The summed E-state index contributed by atoms with van der Waals surface area (Å²) in [6, 6.07) is 8.06. The molecule has 0 amide bonds. The first-order valence-corrected chi connectivity index (χ1v) is 6.13. The summed E-state index contributed by atoms with van der Waals surface area (Å²) in [6.07, 6.45) is 1.17. The molecule has 100 valence electrons. The highest BCUT2D eigenvalue weighted by Gasteiger charge is 2.22. The van der Waals surface area contributed by atoms with E-state index in [2.05, 4.69) is 27.5 Å². The molecule has 0 aliphatic heterocycles. The van der Waals surface area contributed by atoms with Gasteiger partial charge in [-0.25, -0.2) is 0 Å². The number of ether oxygens (including phenoxy) is 1. The largest absolute Gasteiger partial charge is 0.469 e. The quantitative estimate of drug-likeness (QED) is 0.823. The van der Waals surface area contributed by atoms with Crippen molar-refractivity contribution in [3.8, 4) is 0 Å². The Kier molecular flexibility index (Phi) is 4.22. The molecular formula is C13H16N4O2. The topological polar surface area (TPSA) is 80.8 Å². The van der Waals surface area contributed by atoms with Crippen LogP contribution in [0.15, 0.2) is 24.3 Å². The maximum absolute atomic E-state index is 11.5. The Morgan fingerprint density at radius 3 is 2.63 bits per heavy atom. The molecule has 1 aromatic heterocycles. The van der Waals surface area contributed by atoms with Gasteiger partial charge in [-0.1, -0.05) is 36.4 Å². The lowest BCUT2D eigenvalue weighted by molar-refractivity contribution is -0.140. The zero-order valence-corrected chi connectivity index (χ0v) is 11.0. The highest BCUT2D eigenvalue weighted by atomic mass is 16.5. The van der Waals surface area contributed by atoms with Gasteiger partial charge in [0.05, 0.1) is 19.4 Å². The van der Waals surface area contributed by atoms with E-state index in [-0.39, 0.29) is 18.3 Å². The number of benzene rings is 1. The third kappa shape index (κ3) is 3.15. The van der Waals surface area contributed by atoms with Crippen LogP contribution in [-0.4, -0.2) is 33.7 Å². The van der Waals surface area contributed by atoms with E-state index in [1.165, 1.54) is 12.7 Å². The minimum Gasteiger partial charge on any atom is -0.469 e. The van der Waals surface area contributed by atoms with Crippen LogP contribution in [0.3, 0.4) is 0 Å². The second-order valence-corrected chi connectivity index (χ2v) is 4.20. The third-order valence-electron chi connectivity index (χ3n) is 3.06. The predicted octanol–water partition coefficient (Wildman–Crippen LogP) is 1.46. The lowest BCUT2D eigenvalue weighted by Crippen LogP contribution is -2.11. The fraction of sp³-hybridized carbons (Fsp3) is 0.385. The number of hydrogen-bond donors (Lipinski definition) is 1. The molecule has 0 fully saturated rings. The normalized spacial score (nSPS) is 12.1. The van der Waals surface area contributed by atoms with Crippen LogP contribution in [0.4, 0.5) is 0 Å². The van der Waals surface area contributed by atoms with Crippen LogP contribution in [0.25, 0.3) is 0 Å². The van der Waals surface area contributed by atoms with E-state index < -0.39 is 0 Å². The van der Waals surface area contributed by atoms with Gasteiger partial charge < -0.3 is 4.74 Å². The maximum atomic E-state index is 11.5. The molecule has 0 aliphatic rings. The summed E-state index contributed by atoms with van der Waals surface area (Å²) in [7, 11) is 1.37. The number of nitrogens with one attached hydrogen (secondary N) is 1. The van der Waals surface area contributed by atoms with Gasteiger partial charge in [0.2, 0.25) is 0 Å². The predicted molar refractivity (Wildman–Crippen MR) is 68.5 cm³/mol. The third-order valence-corrected chi connectivity index (χ3v) is 3.06. The van der Waals surface area contributed by atoms with Gasteiger partial charge in [0, 0.05) is 0 Å². The number of rotatable bonds is 5. The van der Waals surface area contributed by atoms with Crippen LogP contribution in [0.5, 0.6) is 0 Å². The van der Waals surface area contributed by atoms with Crippen molar-refractivity contribution in [3.63, 3.8) is 0 Å². The zero-order valence-electron chi connectivity index (χ0n) is 11.0. The number of carbonyl (C=O) groups is 1. The summed E-state index contributed by atoms with van der Waals surface area (Å²) in [6.45, 7) is 2.10. The first kappa shape index (κ1) is 13.2. The zero-order chi connectivity index (χ0) is 13.7. The molecule has 1 atom stereocenters. The number of esters is 1. The van der Waals surface area contributed by atoms with Gasteiger partial charge in [-0.3, -0.25) is 4.79 Å². The average molecular weight is 260 g/mol. The minimum absolute atomic E-state index is 0.196. The standard InChI is InChI=1S/C13H16N4O2/c1-3-9-4-6-10(7-5-9)11(8-12(18)19-2)13-14-16-17-15-13/h4-7,11H,3,8H2,1-2H3,(H,14,15,16,17). The number of methoxy groups -OCH3 is 1. The smallest absolute Gasteiger partial charge is 0.306 e. The molecule has 19 heavy (non-hydrogen) atoms. The molecule has 1 N–H and O–H groups in total. The number of H-pyrrole nitrogens is 1. The molecule has 1 heterocycles. The molecule has 2 rings (SSSR count). The molecule has 0 saturated heterocycles. The Bertz CT molecular complexity index is 522. The molecule has 0 bridgehead atoms. The summed E-state index contributed by atoms with van der Waals surface area (Å²) in [5.41, 5.74) is 2.22. The number of aryl methyl sites for hydroxylation is 1.